The predicted molar refractivity (Wildman–Crippen MR) is 77.1 cm³/mol. The Morgan fingerprint density at radius 1 is 1.35 bits per heavy atom. The number of halogens is 1. The van der Waals surface area contributed by atoms with Crippen LogP contribution in [0.4, 0.5) is 4.39 Å². The number of rotatable bonds is 2. The molecule has 2 atom stereocenters. The second kappa shape index (κ2) is 4.04. The van der Waals surface area contributed by atoms with Gasteiger partial charge in [-0.15, -0.1) is 0 Å². The molecule has 0 amide bonds. The summed E-state index contributed by atoms with van der Waals surface area (Å²) in [4.78, 5) is 4.69. The van der Waals surface area contributed by atoms with Crippen molar-refractivity contribution in [3.8, 4) is 0 Å². The highest BCUT2D eigenvalue weighted by atomic mass is 19.1. The van der Waals surface area contributed by atoms with Crippen molar-refractivity contribution in [1.29, 1.82) is 0 Å². The molecule has 0 saturated heterocycles. The van der Waals surface area contributed by atoms with Gasteiger partial charge in [0.2, 0.25) is 0 Å². The predicted octanol–water partition coefficient (Wildman–Crippen LogP) is 3.28. The van der Waals surface area contributed by atoms with E-state index in [1.54, 1.807) is 6.07 Å². The lowest BCUT2D eigenvalue weighted by Crippen LogP contribution is -2.40. The SMILES string of the molecule is CC1(c2nc3c(F)cccc3n2C2CC2)CCCC1N. The van der Waals surface area contributed by atoms with Crippen molar-refractivity contribution in [2.75, 3.05) is 0 Å². The third-order valence-corrected chi connectivity index (χ3v) is 5.12. The van der Waals surface area contributed by atoms with Crippen molar-refractivity contribution in [3.05, 3.63) is 29.8 Å². The molecular formula is C16H20FN3. The Balaban J connectivity index is 1.99. The van der Waals surface area contributed by atoms with Crippen LogP contribution >= 0.6 is 0 Å². The lowest BCUT2D eigenvalue weighted by molar-refractivity contribution is 0.388. The van der Waals surface area contributed by atoms with E-state index >= 15 is 0 Å². The fraction of sp³-hybridized carbons (Fsp3) is 0.562. The molecule has 0 bridgehead atoms. The monoisotopic (exact) mass is 273 g/mol. The van der Waals surface area contributed by atoms with Crippen molar-refractivity contribution in [2.24, 2.45) is 5.73 Å². The minimum atomic E-state index is -0.224. The van der Waals surface area contributed by atoms with E-state index in [2.05, 4.69) is 16.5 Å². The summed E-state index contributed by atoms with van der Waals surface area (Å²) in [5.41, 5.74) is 7.67. The average molecular weight is 273 g/mol. The second-order valence-electron chi connectivity index (χ2n) is 6.56. The maximum Gasteiger partial charge on any atom is 0.151 e. The first-order valence-electron chi connectivity index (χ1n) is 7.54. The topological polar surface area (TPSA) is 43.8 Å². The smallest absolute Gasteiger partial charge is 0.151 e. The van der Waals surface area contributed by atoms with Crippen LogP contribution in [-0.2, 0) is 5.41 Å². The summed E-state index contributed by atoms with van der Waals surface area (Å²) < 4.78 is 16.3. The van der Waals surface area contributed by atoms with Crippen LogP contribution in [0.5, 0.6) is 0 Å². The summed E-state index contributed by atoms with van der Waals surface area (Å²) in [5.74, 6) is 0.781. The van der Waals surface area contributed by atoms with Crippen LogP contribution in [0.25, 0.3) is 11.0 Å². The number of nitrogens with zero attached hydrogens (tertiary/aromatic N) is 2. The molecule has 0 spiro atoms. The Bertz CT molecular complexity index is 674. The highest BCUT2D eigenvalue weighted by Gasteiger charge is 2.44. The van der Waals surface area contributed by atoms with E-state index in [9.17, 15) is 4.39 Å². The second-order valence-corrected chi connectivity index (χ2v) is 6.56. The zero-order chi connectivity index (χ0) is 13.9. The van der Waals surface area contributed by atoms with Gasteiger partial charge in [0.15, 0.2) is 5.82 Å². The summed E-state index contributed by atoms with van der Waals surface area (Å²) in [7, 11) is 0. The van der Waals surface area contributed by atoms with E-state index in [1.165, 1.54) is 18.9 Å². The zero-order valence-electron chi connectivity index (χ0n) is 11.8. The van der Waals surface area contributed by atoms with Crippen LogP contribution in [0.15, 0.2) is 18.2 Å². The molecule has 0 radical (unpaired) electrons. The van der Waals surface area contributed by atoms with E-state index < -0.39 is 0 Å². The number of hydrogen-bond acceptors (Lipinski definition) is 2. The maximum absolute atomic E-state index is 14.1. The molecule has 1 aromatic carbocycles. The zero-order valence-corrected chi connectivity index (χ0v) is 11.8. The molecule has 2 aromatic rings. The number of imidazole rings is 1. The average Bonchev–Trinajstić information content (AvgIpc) is 3.09. The van der Waals surface area contributed by atoms with Crippen LogP contribution in [0.2, 0.25) is 0 Å². The van der Waals surface area contributed by atoms with E-state index in [1.807, 2.05) is 6.07 Å². The third kappa shape index (κ3) is 1.57. The van der Waals surface area contributed by atoms with E-state index in [4.69, 9.17) is 5.73 Å². The summed E-state index contributed by atoms with van der Waals surface area (Å²) >= 11 is 0. The molecule has 0 aliphatic heterocycles. The molecule has 2 unspecified atom stereocenters. The lowest BCUT2D eigenvalue weighted by Gasteiger charge is -2.29. The highest BCUT2D eigenvalue weighted by molar-refractivity contribution is 5.77. The van der Waals surface area contributed by atoms with Gasteiger partial charge < -0.3 is 10.3 Å². The minimum Gasteiger partial charge on any atom is -0.327 e. The van der Waals surface area contributed by atoms with E-state index in [-0.39, 0.29) is 17.3 Å². The maximum atomic E-state index is 14.1. The quantitative estimate of drug-likeness (QED) is 0.912. The molecule has 2 N–H and O–H groups in total. The molecule has 1 heterocycles. The van der Waals surface area contributed by atoms with Gasteiger partial charge in [-0.1, -0.05) is 19.4 Å². The normalized spacial score (nSPS) is 30.2. The summed E-state index contributed by atoms with van der Waals surface area (Å²) in [6.07, 6.45) is 5.55. The van der Waals surface area contributed by atoms with Crippen LogP contribution in [0.1, 0.15) is 50.9 Å². The first kappa shape index (κ1) is 12.3. The lowest BCUT2D eigenvalue weighted by atomic mass is 9.84. The van der Waals surface area contributed by atoms with Crippen LogP contribution in [0.3, 0.4) is 0 Å². The van der Waals surface area contributed by atoms with Crippen LogP contribution in [-0.4, -0.2) is 15.6 Å². The van der Waals surface area contributed by atoms with Crippen molar-refractivity contribution in [3.63, 3.8) is 0 Å². The summed E-state index contributed by atoms with van der Waals surface area (Å²) in [5, 5.41) is 0. The first-order valence-corrected chi connectivity index (χ1v) is 7.54. The Morgan fingerprint density at radius 2 is 2.15 bits per heavy atom. The minimum absolute atomic E-state index is 0.117. The van der Waals surface area contributed by atoms with Gasteiger partial charge in [0.1, 0.15) is 11.3 Å². The molecule has 2 fully saturated rings. The van der Waals surface area contributed by atoms with E-state index in [0.29, 0.717) is 11.6 Å². The highest BCUT2D eigenvalue weighted by Crippen LogP contribution is 2.46. The number of nitrogens with two attached hydrogens (primary N) is 1. The number of benzene rings is 1. The number of fused-ring (bicyclic) bond motifs is 1. The molecular weight excluding hydrogens is 253 g/mol. The van der Waals surface area contributed by atoms with Crippen molar-refractivity contribution in [1.82, 2.24) is 9.55 Å². The van der Waals surface area contributed by atoms with Crippen molar-refractivity contribution >= 4 is 11.0 Å². The molecule has 2 aliphatic rings. The molecule has 20 heavy (non-hydrogen) atoms. The van der Waals surface area contributed by atoms with Crippen molar-refractivity contribution in [2.45, 2.75) is 56.5 Å². The van der Waals surface area contributed by atoms with Gasteiger partial charge in [0.25, 0.3) is 0 Å². The standard InChI is InChI=1S/C16H20FN3/c1-16(9-3-6-13(16)18)15-19-14-11(17)4-2-5-12(14)20(15)10-7-8-10/h2,4-5,10,13H,3,6-9,18H2,1H3. The Hall–Kier alpha value is -1.42. The van der Waals surface area contributed by atoms with Gasteiger partial charge in [-0.05, 0) is 37.8 Å². The Labute approximate surface area is 118 Å². The van der Waals surface area contributed by atoms with Crippen LogP contribution in [0, 0.1) is 5.82 Å². The van der Waals surface area contributed by atoms with Gasteiger partial charge in [0, 0.05) is 17.5 Å². The molecule has 2 saturated carbocycles. The molecule has 3 nitrogen and oxygen atoms in total. The van der Waals surface area contributed by atoms with Crippen LogP contribution < -0.4 is 5.73 Å². The van der Waals surface area contributed by atoms with Gasteiger partial charge in [-0.2, -0.15) is 0 Å². The summed E-state index contributed by atoms with van der Waals surface area (Å²) in [6, 6.07) is 5.87. The molecule has 4 rings (SSSR count). The molecule has 1 aromatic heterocycles. The molecule has 2 aliphatic carbocycles. The summed E-state index contributed by atoms with van der Waals surface area (Å²) in [6.45, 7) is 2.20. The van der Waals surface area contributed by atoms with Crippen molar-refractivity contribution < 1.29 is 4.39 Å². The number of hydrogen-bond donors (Lipinski definition) is 1. The largest absolute Gasteiger partial charge is 0.327 e. The Morgan fingerprint density at radius 3 is 2.80 bits per heavy atom. The van der Waals surface area contributed by atoms with Gasteiger partial charge in [-0.3, -0.25) is 0 Å². The fourth-order valence-corrected chi connectivity index (χ4v) is 3.66. The van der Waals surface area contributed by atoms with E-state index in [0.717, 1.165) is 30.6 Å². The fourth-order valence-electron chi connectivity index (χ4n) is 3.66. The van der Waals surface area contributed by atoms with Gasteiger partial charge >= 0.3 is 0 Å². The Kier molecular flexibility index (Phi) is 2.49. The number of aromatic nitrogens is 2. The molecule has 4 heteroatoms. The number of para-hydroxylation sites is 1. The molecule has 106 valence electrons. The van der Waals surface area contributed by atoms with Gasteiger partial charge in [0.05, 0.1) is 5.52 Å². The first-order chi connectivity index (χ1) is 9.61. The third-order valence-electron chi connectivity index (χ3n) is 5.12. The van der Waals surface area contributed by atoms with Gasteiger partial charge in [-0.25, -0.2) is 9.37 Å².